The molecule has 0 spiro atoms. The van der Waals surface area contributed by atoms with E-state index in [9.17, 15) is 14.0 Å². The first-order valence-electron chi connectivity index (χ1n) is 9.65. The summed E-state index contributed by atoms with van der Waals surface area (Å²) in [5.41, 5.74) is 4.48. The first-order valence-corrected chi connectivity index (χ1v) is 9.65. The fourth-order valence-electron chi connectivity index (χ4n) is 3.73. The van der Waals surface area contributed by atoms with Crippen molar-refractivity contribution in [1.29, 1.82) is 0 Å². The summed E-state index contributed by atoms with van der Waals surface area (Å²) in [4.78, 5) is 30.2. The predicted molar refractivity (Wildman–Crippen MR) is 116 cm³/mol. The number of H-pyrrole nitrogens is 1. The zero-order chi connectivity index (χ0) is 21.4. The summed E-state index contributed by atoms with van der Waals surface area (Å²) in [6, 6.07) is 15.3. The number of anilines is 1. The highest BCUT2D eigenvalue weighted by Crippen LogP contribution is 2.28. The third-order valence-corrected chi connectivity index (χ3v) is 5.25. The van der Waals surface area contributed by atoms with E-state index in [1.165, 1.54) is 35.0 Å². The first kappa shape index (κ1) is 19.6. The van der Waals surface area contributed by atoms with Gasteiger partial charge in [-0.05, 0) is 61.4 Å². The van der Waals surface area contributed by atoms with Crippen molar-refractivity contribution in [3.05, 3.63) is 99.3 Å². The van der Waals surface area contributed by atoms with Gasteiger partial charge in [0.05, 0.1) is 12.1 Å². The minimum absolute atomic E-state index is 0.191. The van der Waals surface area contributed by atoms with E-state index in [1.807, 2.05) is 25.1 Å². The highest BCUT2D eigenvalue weighted by Gasteiger charge is 2.22. The van der Waals surface area contributed by atoms with Gasteiger partial charge in [-0.3, -0.25) is 9.59 Å². The minimum Gasteiger partial charge on any atom is -0.359 e. The van der Waals surface area contributed by atoms with E-state index in [2.05, 4.69) is 11.1 Å². The van der Waals surface area contributed by atoms with Crippen LogP contribution in [-0.2, 0) is 13.6 Å². The lowest BCUT2D eigenvalue weighted by Crippen LogP contribution is -2.32. The largest absolute Gasteiger partial charge is 0.359 e. The maximum absolute atomic E-state index is 13.7. The molecule has 4 rings (SSSR count). The Bertz CT molecular complexity index is 1320. The summed E-state index contributed by atoms with van der Waals surface area (Å²) < 4.78 is 15.1. The van der Waals surface area contributed by atoms with E-state index >= 15 is 0 Å². The second-order valence-electron chi connectivity index (χ2n) is 7.52. The normalized spacial score (nSPS) is 11.1. The van der Waals surface area contributed by atoms with Gasteiger partial charge in [0, 0.05) is 41.6 Å². The molecule has 1 amide bonds. The molecule has 5 nitrogen and oxygen atoms in total. The van der Waals surface area contributed by atoms with E-state index in [4.69, 9.17) is 0 Å². The number of rotatable bonds is 4. The van der Waals surface area contributed by atoms with Crippen LogP contribution in [0.2, 0.25) is 0 Å². The molecule has 1 N–H and O–H groups in total. The maximum atomic E-state index is 13.7. The topological polar surface area (TPSA) is 58.1 Å². The van der Waals surface area contributed by atoms with Crippen molar-refractivity contribution < 1.29 is 9.18 Å². The molecule has 0 bridgehead atoms. The number of hydrogen-bond acceptors (Lipinski definition) is 2. The Morgan fingerprint density at radius 2 is 1.90 bits per heavy atom. The number of benzene rings is 2. The third kappa shape index (κ3) is 3.64. The molecule has 0 fully saturated rings. The lowest BCUT2D eigenvalue weighted by molar-refractivity contribution is 0.0984. The second kappa shape index (κ2) is 7.63. The molecule has 4 aromatic rings. The van der Waals surface area contributed by atoms with Crippen LogP contribution < -0.4 is 10.5 Å². The Kier molecular flexibility index (Phi) is 4.99. The summed E-state index contributed by atoms with van der Waals surface area (Å²) in [6.45, 7) is 4.07. The van der Waals surface area contributed by atoms with Crippen molar-refractivity contribution in [2.24, 2.45) is 7.05 Å². The van der Waals surface area contributed by atoms with Gasteiger partial charge < -0.3 is 14.5 Å². The van der Waals surface area contributed by atoms with Crippen molar-refractivity contribution >= 4 is 22.5 Å². The van der Waals surface area contributed by atoms with Gasteiger partial charge in [-0.2, -0.15) is 0 Å². The highest BCUT2D eigenvalue weighted by molar-refractivity contribution is 6.06. The number of hydrogen-bond donors (Lipinski definition) is 1. The lowest BCUT2D eigenvalue weighted by Gasteiger charge is -2.25. The summed E-state index contributed by atoms with van der Waals surface area (Å²) in [7, 11) is 1.61. The monoisotopic (exact) mass is 403 g/mol. The number of nitrogens with one attached hydrogen (secondary N) is 1. The standard InChI is InChI=1S/C24H22FN3O2/c1-15-11-19(25)8-9-22(15)28(24(30)18-7-10-23(29)27(3)13-18)14-17-5-4-6-21-20(17)12-16(2)26-21/h4-13,26H,14H2,1-3H3. The quantitative estimate of drug-likeness (QED) is 0.547. The molecular formula is C24H22FN3O2. The average Bonchev–Trinajstić information content (AvgIpc) is 3.09. The molecule has 152 valence electrons. The number of carbonyl (C=O) groups excluding carboxylic acids is 1. The van der Waals surface area contributed by atoms with E-state index in [-0.39, 0.29) is 17.3 Å². The molecular weight excluding hydrogens is 381 g/mol. The van der Waals surface area contributed by atoms with E-state index < -0.39 is 0 Å². The van der Waals surface area contributed by atoms with E-state index in [0.29, 0.717) is 23.4 Å². The van der Waals surface area contributed by atoms with Gasteiger partial charge in [0.25, 0.3) is 5.91 Å². The fourth-order valence-corrected chi connectivity index (χ4v) is 3.73. The Balaban J connectivity index is 1.83. The van der Waals surface area contributed by atoms with Crippen LogP contribution in [-0.4, -0.2) is 15.5 Å². The molecule has 0 aliphatic heterocycles. The fraction of sp³-hybridized carbons (Fsp3) is 0.167. The average molecular weight is 403 g/mol. The molecule has 0 saturated heterocycles. The van der Waals surface area contributed by atoms with Crippen LogP contribution in [0.25, 0.3) is 10.9 Å². The van der Waals surface area contributed by atoms with Crippen molar-refractivity contribution in [3.63, 3.8) is 0 Å². The van der Waals surface area contributed by atoms with Gasteiger partial charge in [-0.25, -0.2) is 4.39 Å². The number of aromatic nitrogens is 2. The minimum atomic E-state index is -0.353. The van der Waals surface area contributed by atoms with Crippen molar-refractivity contribution in [3.8, 4) is 0 Å². The van der Waals surface area contributed by atoms with Gasteiger partial charge in [0.2, 0.25) is 5.56 Å². The van der Waals surface area contributed by atoms with Gasteiger partial charge in [-0.15, -0.1) is 0 Å². The number of nitrogens with zero attached hydrogens (tertiary/aromatic N) is 2. The SMILES string of the molecule is Cc1cc2c(CN(C(=O)c3ccc(=O)n(C)c3)c3ccc(F)cc3C)cccc2[nH]1. The molecule has 0 atom stereocenters. The zero-order valence-corrected chi connectivity index (χ0v) is 17.1. The highest BCUT2D eigenvalue weighted by atomic mass is 19.1. The number of aromatic amines is 1. The van der Waals surface area contributed by atoms with Crippen LogP contribution in [0.15, 0.2) is 65.6 Å². The van der Waals surface area contributed by atoms with Crippen molar-refractivity contribution in [2.75, 3.05) is 4.90 Å². The summed E-state index contributed by atoms with van der Waals surface area (Å²) in [5, 5.41) is 1.04. The molecule has 2 aromatic heterocycles. The Morgan fingerprint density at radius 1 is 1.10 bits per heavy atom. The van der Waals surface area contributed by atoms with Crippen molar-refractivity contribution in [2.45, 2.75) is 20.4 Å². The zero-order valence-electron chi connectivity index (χ0n) is 17.1. The van der Waals surface area contributed by atoms with Crippen LogP contribution in [0.1, 0.15) is 27.2 Å². The number of aryl methyl sites for hydroxylation is 3. The molecule has 0 aliphatic rings. The van der Waals surface area contributed by atoms with Crippen LogP contribution in [0.5, 0.6) is 0 Å². The molecule has 0 aliphatic carbocycles. The van der Waals surface area contributed by atoms with E-state index in [0.717, 1.165) is 22.2 Å². The molecule has 6 heteroatoms. The maximum Gasteiger partial charge on any atom is 0.260 e. The summed E-state index contributed by atoms with van der Waals surface area (Å²) in [6.07, 6.45) is 1.53. The molecule has 2 heterocycles. The lowest BCUT2D eigenvalue weighted by atomic mass is 10.1. The van der Waals surface area contributed by atoms with Crippen molar-refractivity contribution in [1.82, 2.24) is 9.55 Å². The summed E-state index contributed by atoms with van der Waals surface area (Å²) in [5.74, 6) is -0.612. The summed E-state index contributed by atoms with van der Waals surface area (Å²) >= 11 is 0. The number of carbonyl (C=O) groups is 1. The molecule has 0 radical (unpaired) electrons. The number of amides is 1. The smallest absolute Gasteiger partial charge is 0.260 e. The van der Waals surface area contributed by atoms with Crippen LogP contribution in [0.3, 0.4) is 0 Å². The predicted octanol–water partition coefficient (Wildman–Crippen LogP) is 4.47. The van der Waals surface area contributed by atoms with Crippen LogP contribution in [0, 0.1) is 19.7 Å². The van der Waals surface area contributed by atoms with Gasteiger partial charge in [-0.1, -0.05) is 12.1 Å². The van der Waals surface area contributed by atoms with Gasteiger partial charge in [0.1, 0.15) is 5.82 Å². The molecule has 0 unspecified atom stereocenters. The van der Waals surface area contributed by atoms with E-state index in [1.54, 1.807) is 24.9 Å². The Labute approximate surface area is 173 Å². The number of fused-ring (bicyclic) bond motifs is 1. The number of pyridine rings is 1. The van der Waals surface area contributed by atoms with Gasteiger partial charge >= 0.3 is 0 Å². The molecule has 30 heavy (non-hydrogen) atoms. The first-order chi connectivity index (χ1) is 14.3. The van der Waals surface area contributed by atoms with Crippen LogP contribution >= 0.6 is 0 Å². The third-order valence-electron chi connectivity index (χ3n) is 5.25. The van der Waals surface area contributed by atoms with Crippen LogP contribution in [0.4, 0.5) is 10.1 Å². The van der Waals surface area contributed by atoms with Gasteiger partial charge in [0.15, 0.2) is 0 Å². The number of halogens is 1. The second-order valence-corrected chi connectivity index (χ2v) is 7.52. The Hall–Kier alpha value is -3.67. The Morgan fingerprint density at radius 3 is 2.63 bits per heavy atom. The molecule has 2 aromatic carbocycles. The molecule has 0 saturated carbocycles.